The Morgan fingerprint density at radius 1 is 1.29 bits per heavy atom. The molecule has 24 heavy (non-hydrogen) atoms. The van der Waals surface area contributed by atoms with Gasteiger partial charge in [0.15, 0.2) is 17.3 Å². The summed E-state index contributed by atoms with van der Waals surface area (Å²) in [6.07, 6.45) is 0.458. The molecule has 0 spiro atoms. The van der Waals surface area contributed by atoms with Gasteiger partial charge in [0.25, 0.3) is 5.91 Å². The molecule has 3 rings (SSSR count). The number of aromatic nitrogens is 1. The molecule has 1 saturated heterocycles. The predicted molar refractivity (Wildman–Crippen MR) is 87.5 cm³/mol. The average molecular weight is 328 g/mol. The van der Waals surface area contributed by atoms with E-state index in [0.717, 1.165) is 5.56 Å². The number of aliphatic carboxylic acids is 1. The zero-order valence-corrected chi connectivity index (χ0v) is 13.7. The molecule has 1 aromatic heterocycles. The van der Waals surface area contributed by atoms with E-state index in [0.29, 0.717) is 36.9 Å². The molecule has 0 saturated carbocycles. The highest BCUT2D eigenvalue weighted by atomic mass is 16.4. The van der Waals surface area contributed by atoms with Crippen molar-refractivity contribution in [2.24, 2.45) is 11.8 Å². The number of carboxylic acids is 1. The first-order chi connectivity index (χ1) is 11.5. The summed E-state index contributed by atoms with van der Waals surface area (Å²) < 4.78 is 5.65. The highest BCUT2D eigenvalue weighted by Gasteiger charge is 2.35. The van der Waals surface area contributed by atoms with Gasteiger partial charge in [-0.15, -0.1) is 0 Å². The van der Waals surface area contributed by atoms with Gasteiger partial charge in [-0.1, -0.05) is 37.3 Å². The second kappa shape index (κ2) is 6.47. The Balaban J connectivity index is 1.85. The number of carbonyl (C=O) groups excluding carboxylic acids is 1. The molecular formula is C18H20N2O4. The molecule has 1 fully saturated rings. The van der Waals surface area contributed by atoms with Crippen LogP contribution >= 0.6 is 0 Å². The zero-order valence-electron chi connectivity index (χ0n) is 13.7. The minimum absolute atomic E-state index is 0.0895. The molecule has 0 bridgehead atoms. The van der Waals surface area contributed by atoms with Crippen LogP contribution in [0.4, 0.5) is 0 Å². The van der Waals surface area contributed by atoms with E-state index in [4.69, 9.17) is 4.42 Å². The van der Waals surface area contributed by atoms with E-state index in [2.05, 4.69) is 4.98 Å². The molecule has 1 N–H and O–H groups in total. The van der Waals surface area contributed by atoms with Gasteiger partial charge in [0.2, 0.25) is 0 Å². The van der Waals surface area contributed by atoms with Crippen LogP contribution in [0.3, 0.4) is 0 Å². The summed E-state index contributed by atoms with van der Waals surface area (Å²) in [6, 6.07) is 9.39. The van der Waals surface area contributed by atoms with Gasteiger partial charge in [-0.3, -0.25) is 9.59 Å². The standard InChI is InChI=1S/C18H20N2O4/c1-11-10-20(9-8-14(11)18(22)23)17(21)15-16(24-12(2)19-15)13-6-4-3-5-7-13/h3-7,11,14H,8-10H2,1-2H3,(H,22,23). The maximum absolute atomic E-state index is 12.9. The number of benzene rings is 1. The second-order valence-electron chi connectivity index (χ2n) is 6.24. The van der Waals surface area contributed by atoms with Crippen LogP contribution < -0.4 is 0 Å². The van der Waals surface area contributed by atoms with Crippen molar-refractivity contribution >= 4 is 11.9 Å². The maximum atomic E-state index is 12.9. The molecule has 2 aromatic rings. The maximum Gasteiger partial charge on any atom is 0.306 e. The van der Waals surface area contributed by atoms with Crippen molar-refractivity contribution in [3.63, 3.8) is 0 Å². The minimum atomic E-state index is -0.795. The summed E-state index contributed by atoms with van der Waals surface area (Å²) >= 11 is 0. The van der Waals surface area contributed by atoms with E-state index in [1.807, 2.05) is 37.3 Å². The van der Waals surface area contributed by atoms with Crippen molar-refractivity contribution < 1.29 is 19.1 Å². The lowest BCUT2D eigenvalue weighted by molar-refractivity contribution is -0.145. The van der Waals surface area contributed by atoms with Crippen molar-refractivity contribution in [1.82, 2.24) is 9.88 Å². The number of aryl methyl sites for hydroxylation is 1. The van der Waals surface area contributed by atoms with E-state index < -0.39 is 11.9 Å². The van der Waals surface area contributed by atoms with Crippen LogP contribution in [-0.4, -0.2) is 40.0 Å². The van der Waals surface area contributed by atoms with Crippen LogP contribution in [0.5, 0.6) is 0 Å². The lowest BCUT2D eigenvalue weighted by Gasteiger charge is -2.34. The number of hydrogen-bond acceptors (Lipinski definition) is 4. The molecule has 1 aromatic carbocycles. The summed E-state index contributed by atoms with van der Waals surface area (Å²) in [5.41, 5.74) is 1.09. The third kappa shape index (κ3) is 3.04. The van der Waals surface area contributed by atoms with E-state index in [1.54, 1.807) is 11.8 Å². The van der Waals surface area contributed by atoms with Gasteiger partial charge in [0.05, 0.1) is 5.92 Å². The van der Waals surface area contributed by atoms with Crippen LogP contribution in [0.15, 0.2) is 34.7 Å². The molecule has 6 heteroatoms. The van der Waals surface area contributed by atoms with Crippen molar-refractivity contribution in [3.05, 3.63) is 41.9 Å². The van der Waals surface area contributed by atoms with Gasteiger partial charge < -0.3 is 14.4 Å². The second-order valence-corrected chi connectivity index (χ2v) is 6.24. The smallest absolute Gasteiger partial charge is 0.306 e. The summed E-state index contributed by atoms with van der Waals surface area (Å²) in [6.45, 7) is 4.41. The summed E-state index contributed by atoms with van der Waals surface area (Å²) in [7, 11) is 0. The van der Waals surface area contributed by atoms with Crippen molar-refractivity contribution in [2.45, 2.75) is 20.3 Å². The van der Waals surface area contributed by atoms with Gasteiger partial charge in [-0.25, -0.2) is 4.98 Å². The molecular weight excluding hydrogens is 308 g/mol. The van der Waals surface area contributed by atoms with E-state index in [9.17, 15) is 14.7 Å². The minimum Gasteiger partial charge on any atom is -0.481 e. The lowest BCUT2D eigenvalue weighted by Crippen LogP contribution is -2.45. The number of rotatable bonds is 3. The van der Waals surface area contributed by atoms with Crippen molar-refractivity contribution in [3.8, 4) is 11.3 Å². The van der Waals surface area contributed by atoms with Crippen LogP contribution in [0.25, 0.3) is 11.3 Å². The van der Waals surface area contributed by atoms with Gasteiger partial charge >= 0.3 is 5.97 Å². The Hall–Kier alpha value is -2.63. The summed E-state index contributed by atoms with van der Waals surface area (Å²) in [5, 5.41) is 9.22. The van der Waals surface area contributed by atoms with Crippen molar-refractivity contribution in [2.75, 3.05) is 13.1 Å². The van der Waals surface area contributed by atoms with Gasteiger partial charge in [-0.2, -0.15) is 0 Å². The van der Waals surface area contributed by atoms with Crippen LogP contribution in [0, 0.1) is 18.8 Å². The third-order valence-electron chi connectivity index (χ3n) is 4.48. The number of piperidine rings is 1. The fourth-order valence-corrected chi connectivity index (χ4v) is 3.20. The van der Waals surface area contributed by atoms with Gasteiger partial charge in [0.1, 0.15) is 0 Å². The fraction of sp³-hybridized carbons (Fsp3) is 0.389. The fourth-order valence-electron chi connectivity index (χ4n) is 3.20. The Labute approximate surface area is 140 Å². The number of carboxylic acid groups (broad SMARTS) is 1. The van der Waals surface area contributed by atoms with Crippen LogP contribution in [0.1, 0.15) is 29.7 Å². The van der Waals surface area contributed by atoms with Gasteiger partial charge in [0, 0.05) is 25.6 Å². The number of hydrogen-bond donors (Lipinski definition) is 1. The molecule has 1 aliphatic rings. The number of oxazole rings is 1. The Morgan fingerprint density at radius 3 is 2.62 bits per heavy atom. The number of nitrogens with zero attached hydrogens (tertiary/aromatic N) is 2. The number of carbonyl (C=O) groups is 2. The van der Waals surface area contributed by atoms with E-state index in [-0.39, 0.29) is 11.8 Å². The molecule has 2 atom stereocenters. The SMILES string of the molecule is Cc1nc(C(=O)N2CCC(C(=O)O)C(C)C2)c(-c2ccccc2)o1. The summed E-state index contributed by atoms with van der Waals surface area (Å²) in [5.74, 6) is -0.593. The molecule has 126 valence electrons. The predicted octanol–water partition coefficient (Wildman–Crippen LogP) is 2.83. The van der Waals surface area contributed by atoms with Crippen LogP contribution in [-0.2, 0) is 4.79 Å². The molecule has 0 aliphatic carbocycles. The van der Waals surface area contributed by atoms with Gasteiger partial charge in [-0.05, 0) is 12.3 Å². The Kier molecular flexibility index (Phi) is 4.38. The largest absolute Gasteiger partial charge is 0.481 e. The Bertz CT molecular complexity index is 754. The molecule has 0 radical (unpaired) electrons. The monoisotopic (exact) mass is 328 g/mol. The van der Waals surface area contributed by atoms with Crippen molar-refractivity contribution in [1.29, 1.82) is 0 Å². The van der Waals surface area contributed by atoms with Crippen LogP contribution in [0.2, 0.25) is 0 Å². The molecule has 2 heterocycles. The first-order valence-electron chi connectivity index (χ1n) is 8.02. The average Bonchev–Trinajstić information content (AvgIpc) is 2.96. The topological polar surface area (TPSA) is 83.6 Å². The molecule has 6 nitrogen and oxygen atoms in total. The normalized spacial score (nSPS) is 20.8. The van der Waals surface area contributed by atoms with E-state index >= 15 is 0 Å². The first-order valence-corrected chi connectivity index (χ1v) is 8.02. The molecule has 1 amide bonds. The highest BCUT2D eigenvalue weighted by Crippen LogP contribution is 2.29. The first kappa shape index (κ1) is 16.2. The Morgan fingerprint density at radius 2 is 2.00 bits per heavy atom. The third-order valence-corrected chi connectivity index (χ3v) is 4.48. The number of likely N-dealkylation sites (tertiary alicyclic amines) is 1. The zero-order chi connectivity index (χ0) is 17.3. The van der Waals surface area contributed by atoms with E-state index in [1.165, 1.54) is 0 Å². The highest BCUT2D eigenvalue weighted by molar-refractivity contribution is 5.97. The molecule has 1 aliphatic heterocycles. The molecule has 2 unspecified atom stereocenters. The lowest BCUT2D eigenvalue weighted by atomic mass is 9.87. The quantitative estimate of drug-likeness (QED) is 0.936. The summed E-state index contributed by atoms with van der Waals surface area (Å²) in [4.78, 5) is 30.0. The number of amides is 1.